The number of hydrogen-bond donors (Lipinski definition) is 4. The van der Waals surface area contributed by atoms with E-state index in [4.69, 9.17) is 4.74 Å². The summed E-state index contributed by atoms with van der Waals surface area (Å²) in [5, 5.41) is 34.2. The van der Waals surface area contributed by atoms with Gasteiger partial charge in [0.1, 0.15) is 24.6 Å². The molecule has 4 N–H and O–H groups in total. The minimum absolute atomic E-state index is 0.364. The van der Waals surface area contributed by atoms with Crippen molar-refractivity contribution in [1.82, 2.24) is 19.5 Å². The van der Waals surface area contributed by atoms with Crippen molar-refractivity contribution in [3.63, 3.8) is 0 Å². The van der Waals surface area contributed by atoms with Crippen molar-refractivity contribution in [1.29, 1.82) is 0 Å². The van der Waals surface area contributed by atoms with Crippen LogP contribution in [0.5, 0.6) is 0 Å². The molecule has 4 atom stereocenters. The molecule has 40 heavy (non-hydrogen) atoms. The lowest BCUT2D eigenvalue weighted by Crippen LogP contribution is -2.33. The smallest absolute Gasteiger partial charge is 0.177 e. The van der Waals surface area contributed by atoms with Crippen LogP contribution in [0.1, 0.15) is 11.8 Å². The summed E-state index contributed by atoms with van der Waals surface area (Å²) in [5.41, 5.74) is 7.70. The molecule has 5 aromatic rings. The Morgan fingerprint density at radius 2 is 1.50 bits per heavy atom. The topological polar surface area (TPSA) is 141 Å². The number of anilines is 4. The highest BCUT2D eigenvalue weighted by Gasteiger charge is 2.44. The highest BCUT2D eigenvalue weighted by atomic mass is 16.6. The number of imidazole rings is 1. The molecule has 3 heterocycles. The molecule has 1 aliphatic rings. The minimum Gasteiger partial charge on any atom is -0.394 e. The Hall–Kier alpha value is -4.68. The molecule has 6 rings (SSSR count). The molecule has 202 valence electrons. The van der Waals surface area contributed by atoms with Crippen LogP contribution in [0.2, 0.25) is 0 Å². The van der Waals surface area contributed by atoms with Gasteiger partial charge >= 0.3 is 0 Å². The number of aliphatic hydroxyl groups is 3. The third-order valence-corrected chi connectivity index (χ3v) is 6.71. The van der Waals surface area contributed by atoms with Crippen molar-refractivity contribution in [3.8, 4) is 0 Å². The number of rotatable bonds is 8. The van der Waals surface area contributed by atoms with E-state index in [2.05, 4.69) is 54.6 Å². The monoisotopic (exact) mass is 537 g/mol. The lowest BCUT2D eigenvalue weighted by Gasteiger charge is -2.25. The molecule has 1 saturated heterocycles. The SMILES string of the molecule is OC[C@H]1O[C@@H](n2cnc3c(NN=Cc4ccc(N(c5ccccc5)c5ccccc5)cc4)ncnc32)[C@H](O)[C@@H]1O. The van der Waals surface area contributed by atoms with Crippen molar-refractivity contribution in [2.45, 2.75) is 24.5 Å². The number of nitrogens with zero attached hydrogens (tertiary/aromatic N) is 6. The number of ether oxygens (including phenoxy) is 1. The van der Waals surface area contributed by atoms with E-state index in [0.717, 1.165) is 22.6 Å². The van der Waals surface area contributed by atoms with Crippen LogP contribution >= 0.6 is 0 Å². The molecule has 1 aliphatic heterocycles. The van der Waals surface area contributed by atoms with Crippen LogP contribution in [0.25, 0.3) is 11.2 Å². The number of para-hydroxylation sites is 2. The molecule has 0 bridgehead atoms. The second-order valence-corrected chi connectivity index (χ2v) is 9.24. The molecular weight excluding hydrogens is 510 g/mol. The molecule has 0 radical (unpaired) electrons. The first-order valence-corrected chi connectivity index (χ1v) is 12.7. The quantitative estimate of drug-likeness (QED) is 0.173. The normalized spacial score (nSPS) is 20.8. The summed E-state index contributed by atoms with van der Waals surface area (Å²) in [5.74, 6) is 0.364. The minimum atomic E-state index is -1.25. The van der Waals surface area contributed by atoms with Gasteiger partial charge in [-0.05, 0) is 42.0 Å². The van der Waals surface area contributed by atoms with Crippen LogP contribution in [-0.4, -0.2) is 66.0 Å². The van der Waals surface area contributed by atoms with Gasteiger partial charge in [-0.25, -0.2) is 15.0 Å². The first-order valence-electron chi connectivity index (χ1n) is 12.7. The fourth-order valence-electron chi connectivity index (χ4n) is 4.71. The van der Waals surface area contributed by atoms with Crippen LogP contribution in [0.3, 0.4) is 0 Å². The first-order chi connectivity index (χ1) is 19.6. The third kappa shape index (κ3) is 4.90. The van der Waals surface area contributed by atoms with Gasteiger partial charge < -0.3 is 25.0 Å². The molecule has 11 nitrogen and oxygen atoms in total. The number of hydrazone groups is 1. The Kier molecular flexibility index (Phi) is 7.17. The van der Waals surface area contributed by atoms with Gasteiger partial charge in [0.15, 0.2) is 23.2 Å². The first kappa shape index (κ1) is 25.6. The zero-order valence-corrected chi connectivity index (χ0v) is 21.3. The van der Waals surface area contributed by atoms with Crippen LogP contribution in [0.4, 0.5) is 22.9 Å². The van der Waals surface area contributed by atoms with Crippen LogP contribution in [0, 0.1) is 0 Å². The van der Waals surface area contributed by atoms with E-state index in [1.165, 1.54) is 17.2 Å². The number of benzene rings is 3. The fraction of sp³-hybridized carbons (Fsp3) is 0.172. The zero-order valence-electron chi connectivity index (χ0n) is 21.3. The predicted molar refractivity (Wildman–Crippen MR) is 151 cm³/mol. The lowest BCUT2D eigenvalue weighted by atomic mass is 10.1. The standard InChI is InChI=1S/C29H27N7O4/c37-16-23-25(38)26(39)29(40-23)35-18-32-24-27(30-17-31-28(24)35)34-33-15-19-11-13-22(14-12-19)36(20-7-3-1-4-8-20)21-9-5-2-6-10-21/h1-15,17-18,23,25-26,29,37-39H,16H2,(H,30,31,34)/t23-,25-,26-,29-/m1/s1. The summed E-state index contributed by atoms with van der Waals surface area (Å²) < 4.78 is 7.11. The second kappa shape index (κ2) is 11.2. The Morgan fingerprint density at radius 3 is 2.12 bits per heavy atom. The van der Waals surface area contributed by atoms with Crippen molar-refractivity contribution < 1.29 is 20.1 Å². The van der Waals surface area contributed by atoms with Gasteiger partial charge in [0, 0.05) is 17.1 Å². The van der Waals surface area contributed by atoms with E-state index in [-0.39, 0.29) is 0 Å². The number of aromatic nitrogens is 4. The van der Waals surface area contributed by atoms with Gasteiger partial charge in [-0.3, -0.25) is 9.99 Å². The maximum Gasteiger partial charge on any atom is 0.177 e. The molecule has 0 saturated carbocycles. The van der Waals surface area contributed by atoms with Gasteiger partial charge in [0.05, 0.1) is 19.1 Å². The van der Waals surface area contributed by atoms with E-state index in [1.54, 1.807) is 6.21 Å². The predicted octanol–water partition coefficient (Wildman–Crippen LogP) is 3.35. The summed E-state index contributed by atoms with van der Waals surface area (Å²) in [6.07, 6.45) is 0.135. The fourth-order valence-corrected chi connectivity index (χ4v) is 4.71. The highest BCUT2D eigenvalue weighted by molar-refractivity contribution is 5.85. The van der Waals surface area contributed by atoms with E-state index in [9.17, 15) is 15.3 Å². The highest BCUT2D eigenvalue weighted by Crippen LogP contribution is 2.34. The maximum absolute atomic E-state index is 10.4. The largest absolute Gasteiger partial charge is 0.394 e. The summed E-state index contributed by atoms with van der Waals surface area (Å²) >= 11 is 0. The van der Waals surface area contributed by atoms with Gasteiger partial charge in [0.2, 0.25) is 0 Å². The maximum atomic E-state index is 10.4. The average Bonchev–Trinajstić information content (AvgIpc) is 3.56. The number of fused-ring (bicyclic) bond motifs is 1. The second-order valence-electron chi connectivity index (χ2n) is 9.24. The summed E-state index contributed by atoms with van der Waals surface area (Å²) in [6, 6.07) is 28.4. The van der Waals surface area contributed by atoms with Crippen molar-refractivity contribution in [3.05, 3.63) is 103 Å². The molecule has 11 heteroatoms. The summed E-state index contributed by atoms with van der Waals surface area (Å²) in [4.78, 5) is 15.0. The van der Waals surface area contributed by atoms with Crippen LogP contribution < -0.4 is 10.3 Å². The van der Waals surface area contributed by atoms with Gasteiger partial charge in [-0.1, -0.05) is 48.5 Å². The zero-order chi connectivity index (χ0) is 27.5. The molecule has 0 spiro atoms. The third-order valence-electron chi connectivity index (χ3n) is 6.71. The van der Waals surface area contributed by atoms with Gasteiger partial charge in [-0.2, -0.15) is 5.10 Å². The Bertz CT molecular complexity index is 1560. The molecule has 2 aromatic heterocycles. The molecule has 1 fully saturated rings. The van der Waals surface area contributed by atoms with Crippen molar-refractivity contribution >= 4 is 40.3 Å². The van der Waals surface area contributed by atoms with Gasteiger partial charge in [-0.15, -0.1) is 0 Å². The Balaban J connectivity index is 1.20. The molecule has 0 unspecified atom stereocenters. The molecule has 0 amide bonds. The number of nitrogens with one attached hydrogen (secondary N) is 1. The molecule has 0 aliphatic carbocycles. The summed E-state index contributed by atoms with van der Waals surface area (Å²) in [7, 11) is 0. The summed E-state index contributed by atoms with van der Waals surface area (Å²) in [6.45, 7) is -0.421. The van der Waals surface area contributed by atoms with Crippen LogP contribution in [-0.2, 0) is 4.74 Å². The Labute approximate surface area is 229 Å². The average molecular weight is 538 g/mol. The number of aliphatic hydroxyl groups excluding tert-OH is 3. The van der Waals surface area contributed by atoms with E-state index in [1.807, 2.05) is 60.7 Å². The van der Waals surface area contributed by atoms with Crippen molar-refractivity contribution in [2.24, 2.45) is 5.10 Å². The van der Waals surface area contributed by atoms with Crippen molar-refractivity contribution in [2.75, 3.05) is 16.9 Å². The van der Waals surface area contributed by atoms with Gasteiger partial charge in [0.25, 0.3) is 0 Å². The van der Waals surface area contributed by atoms with E-state index >= 15 is 0 Å². The lowest BCUT2D eigenvalue weighted by molar-refractivity contribution is -0.0511. The van der Waals surface area contributed by atoms with Crippen LogP contribution in [0.15, 0.2) is 103 Å². The molecule has 3 aromatic carbocycles. The molecular formula is C29H27N7O4. The van der Waals surface area contributed by atoms with E-state index < -0.39 is 31.1 Å². The number of hydrogen-bond acceptors (Lipinski definition) is 10. The Morgan fingerprint density at radius 1 is 0.850 bits per heavy atom. The van der Waals surface area contributed by atoms with E-state index in [0.29, 0.717) is 17.0 Å².